The first kappa shape index (κ1) is 17.3. The Morgan fingerprint density at radius 2 is 1.80 bits per heavy atom. The van der Waals surface area contributed by atoms with Crippen LogP contribution in [0.2, 0.25) is 0 Å². The maximum absolute atomic E-state index is 12.8. The molecule has 25 heavy (non-hydrogen) atoms. The molecule has 0 aliphatic carbocycles. The zero-order valence-electron chi connectivity index (χ0n) is 13.6. The Morgan fingerprint density at radius 3 is 2.56 bits per heavy atom. The molecule has 0 radical (unpaired) electrons. The third kappa shape index (κ3) is 3.08. The van der Waals surface area contributed by atoms with Gasteiger partial charge in [-0.3, -0.25) is 9.59 Å². The highest BCUT2D eigenvalue weighted by Crippen LogP contribution is 2.34. The summed E-state index contributed by atoms with van der Waals surface area (Å²) in [6.07, 6.45) is 0.650. The van der Waals surface area contributed by atoms with Gasteiger partial charge in [-0.1, -0.05) is 12.1 Å². The lowest BCUT2D eigenvalue weighted by Crippen LogP contribution is -2.26. The first-order valence-corrected chi connectivity index (χ1v) is 9.25. The Bertz CT molecular complexity index is 950. The minimum absolute atomic E-state index is 0.0230. The van der Waals surface area contributed by atoms with Crippen LogP contribution in [0, 0.1) is 0 Å². The van der Waals surface area contributed by atoms with Gasteiger partial charge in [0.25, 0.3) is 5.91 Å². The maximum atomic E-state index is 12.8. The van der Waals surface area contributed by atoms with Crippen LogP contribution in [-0.4, -0.2) is 40.4 Å². The number of sulfone groups is 1. The second-order valence-corrected chi connectivity index (χ2v) is 7.53. The van der Waals surface area contributed by atoms with Crippen molar-refractivity contribution >= 4 is 21.5 Å². The highest BCUT2D eigenvalue weighted by molar-refractivity contribution is 7.91. The fraction of sp³-hybridized carbons (Fsp3) is 0.222. The summed E-state index contributed by atoms with van der Waals surface area (Å²) in [6.45, 7) is 0.933. The molecule has 0 atom stereocenters. The molecule has 7 heteroatoms. The number of ketones is 1. The van der Waals surface area contributed by atoms with Crippen molar-refractivity contribution in [3.63, 3.8) is 0 Å². The number of amides is 1. The Morgan fingerprint density at radius 1 is 1.08 bits per heavy atom. The van der Waals surface area contributed by atoms with Crippen molar-refractivity contribution in [1.82, 2.24) is 5.32 Å². The van der Waals surface area contributed by atoms with Gasteiger partial charge in [0.1, 0.15) is 0 Å². The van der Waals surface area contributed by atoms with Gasteiger partial charge in [0.15, 0.2) is 5.78 Å². The molecule has 130 valence electrons. The lowest BCUT2D eigenvalue weighted by molar-refractivity contribution is 0.0946. The van der Waals surface area contributed by atoms with Gasteiger partial charge in [0.05, 0.1) is 9.79 Å². The molecule has 0 saturated heterocycles. The normalized spacial score (nSPS) is 14.5. The molecule has 6 nitrogen and oxygen atoms in total. The van der Waals surface area contributed by atoms with Gasteiger partial charge in [-0.05, 0) is 36.8 Å². The number of rotatable bonds is 5. The molecule has 2 aromatic carbocycles. The van der Waals surface area contributed by atoms with Crippen LogP contribution in [0.3, 0.4) is 0 Å². The van der Waals surface area contributed by atoms with E-state index in [2.05, 4.69) is 5.32 Å². The van der Waals surface area contributed by atoms with Gasteiger partial charge < -0.3 is 10.1 Å². The minimum Gasteiger partial charge on any atom is -0.385 e. The van der Waals surface area contributed by atoms with Crippen LogP contribution in [0.25, 0.3) is 0 Å². The number of carbonyl (C=O) groups excluding carboxylic acids is 2. The van der Waals surface area contributed by atoms with Crippen LogP contribution in [0.1, 0.15) is 32.7 Å². The second kappa shape index (κ2) is 6.78. The molecule has 0 aromatic heterocycles. The molecule has 1 aliphatic heterocycles. The van der Waals surface area contributed by atoms with Crippen LogP contribution >= 0.6 is 0 Å². The van der Waals surface area contributed by atoms with Gasteiger partial charge >= 0.3 is 0 Å². The summed E-state index contributed by atoms with van der Waals surface area (Å²) in [5.74, 6) is -0.743. The van der Waals surface area contributed by atoms with Crippen LogP contribution in [0.15, 0.2) is 52.3 Å². The summed E-state index contributed by atoms with van der Waals surface area (Å²) in [5, 5.41) is 2.70. The smallest absolute Gasteiger partial charge is 0.251 e. The highest BCUT2D eigenvalue weighted by Gasteiger charge is 2.34. The number of hydrogen-bond donors (Lipinski definition) is 1. The summed E-state index contributed by atoms with van der Waals surface area (Å²) >= 11 is 0. The zero-order chi connectivity index (χ0) is 18.0. The van der Waals surface area contributed by atoms with Gasteiger partial charge in [0.2, 0.25) is 9.84 Å². The van der Waals surface area contributed by atoms with Crippen molar-refractivity contribution in [1.29, 1.82) is 0 Å². The van der Waals surface area contributed by atoms with E-state index in [-0.39, 0.29) is 38.2 Å². The number of benzene rings is 2. The van der Waals surface area contributed by atoms with E-state index in [0.717, 1.165) is 0 Å². The Balaban J connectivity index is 1.96. The molecule has 0 spiro atoms. The van der Waals surface area contributed by atoms with E-state index in [9.17, 15) is 18.0 Å². The average Bonchev–Trinajstić information content (AvgIpc) is 2.63. The first-order chi connectivity index (χ1) is 12.0. The third-order valence-corrected chi connectivity index (χ3v) is 5.86. The van der Waals surface area contributed by atoms with E-state index in [4.69, 9.17) is 4.74 Å². The van der Waals surface area contributed by atoms with E-state index < -0.39 is 9.84 Å². The minimum atomic E-state index is -3.84. The Labute approximate surface area is 145 Å². The van der Waals surface area contributed by atoms with Crippen molar-refractivity contribution < 1.29 is 22.7 Å². The summed E-state index contributed by atoms with van der Waals surface area (Å²) in [5.41, 5.74) is 0.452. The Hall–Kier alpha value is -2.51. The van der Waals surface area contributed by atoms with E-state index in [1.165, 1.54) is 30.3 Å². The van der Waals surface area contributed by atoms with Gasteiger partial charge in [-0.2, -0.15) is 0 Å². The predicted octanol–water partition coefficient (Wildman–Crippen LogP) is 1.83. The fourth-order valence-electron chi connectivity index (χ4n) is 2.75. The van der Waals surface area contributed by atoms with Crippen LogP contribution in [0.5, 0.6) is 0 Å². The SMILES string of the molecule is COCCCNC(=O)c1ccc2c(c1)S(=O)(=O)c1ccccc1C2=O. The number of carbonyl (C=O) groups is 2. The molecule has 0 unspecified atom stereocenters. The van der Waals surface area contributed by atoms with Gasteiger partial charge in [-0.15, -0.1) is 0 Å². The van der Waals surface area contributed by atoms with Gasteiger partial charge in [-0.25, -0.2) is 8.42 Å². The predicted molar refractivity (Wildman–Crippen MR) is 90.6 cm³/mol. The van der Waals surface area contributed by atoms with Crippen molar-refractivity contribution in [2.24, 2.45) is 0 Å². The molecule has 3 rings (SSSR count). The molecule has 0 bridgehead atoms. The number of ether oxygens (including phenoxy) is 1. The first-order valence-electron chi connectivity index (χ1n) is 7.77. The molecule has 1 heterocycles. The van der Waals surface area contributed by atoms with Crippen molar-refractivity contribution in [3.8, 4) is 0 Å². The molecule has 1 aliphatic rings. The van der Waals surface area contributed by atoms with Crippen LogP contribution in [-0.2, 0) is 14.6 Å². The molecule has 0 saturated carbocycles. The zero-order valence-corrected chi connectivity index (χ0v) is 14.4. The molecule has 0 fully saturated rings. The van der Waals surface area contributed by atoms with Crippen molar-refractivity contribution in [3.05, 3.63) is 59.2 Å². The van der Waals surface area contributed by atoms with E-state index in [1.54, 1.807) is 19.2 Å². The average molecular weight is 359 g/mol. The van der Waals surface area contributed by atoms with Crippen molar-refractivity contribution in [2.45, 2.75) is 16.2 Å². The Kier molecular flexibility index (Phi) is 4.69. The highest BCUT2D eigenvalue weighted by atomic mass is 32.2. The quantitative estimate of drug-likeness (QED) is 0.702. The molecular weight excluding hydrogens is 342 g/mol. The van der Waals surface area contributed by atoms with Crippen LogP contribution < -0.4 is 5.32 Å². The number of hydrogen-bond acceptors (Lipinski definition) is 5. The summed E-state index contributed by atoms with van der Waals surface area (Å²) in [6, 6.07) is 10.2. The monoisotopic (exact) mass is 359 g/mol. The van der Waals surface area contributed by atoms with Crippen LogP contribution in [0.4, 0.5) is 0 Å². The largest absolute Gasteiger partial charge is 0.385 e. The fourth-order valence-corrected chi connectivity index (χ4v) is 4.42. The third-order valence-electron chi connectivity index (χ3n) is 4.01. The summed E-state index contributed by atoms with van der Waals surface area (Å²) in [4.78, 5) is 24.6. The maximum Gasteiger partial charge on any atom is 0.251 e. The van der Waals surface area contributed by atoms with Gasteiger partial charge in [0, 0.05) is 37.0 Å². The second-order valence-electron chi connectivity index (χ2n) is 5.64. The molecule has 1 N–H and O–H groups in total. The number of nitrogens with one attached hydrogen (secondary N) is 1. The van der Waals surface area contributed by atoms with E-state index in [1.807, 2.05) is 0 Å². The molecular formula is C18H17NO5S. The molecule has 1 amide bonds. The molecule has 2 aromatic rings. The van der Waals surface area contributed by atoms with E-state index in [0.29, 0.717) is 19.6 Å². The van der Waals surface area contributed by atoms with Crippen molar-refractivity contribution in [2.75, 3.05) is 20.3 Å². The van der Waals surface area contributed by atoms with E-state index >= 15 is 0 Å². The standard InChI is InChI=1S/C18H17NO5S/c1-24-10-4-9-19-18(21)12-7-8-14-16(11-12)25(22,23)15-6-3-2-5-13(15)17(14)20/h2-3,5-8,11H,4,9-10H2,1H3,(H,19,21). The lowest BCUT2D eigenvalue weighted by atomic mass is 10.0. The summed E-state index contributed by atoms with van der Waals surface area (Å²) in [7, 11) is -2.27. The number of fused-ring (bicyclic) bond motifs is 2. The lowest BCUT2D eigenvalue weighted by Gasteiger charge is -2.19. The summed E-state index contributed by atoms with van der Waals surface area (Å²) < 4.78 is 30.5. The number of methoxy groups -OCH3 is 1. The topological polar surface area (TPSA) is 89.5 Å².